The number of hydrogen-bond donors (Lipinski definition) is 3. The van der Waals surface area contributed by atoms with Gasteiger partial charge in [-0.2, -0.15) is 13.2 Å². The van der Waals surface area contributed by atoms with Gasteiger partial charge in [0.25, 0.3) is 5.56 Å². The predicted molar refractivity (Wildman–Crippen MR) is 96.8 cm³/mol. The molecular formula is C15H18F3N7OS. The molecule has 8 nitrogen and oxygen atoms in total. The Bertz CT molecular complexity index is 854. The van der Waals surface area contributed by atoms with Crippen LogP contribution in [0.25, 0.3) is 0 Å². The quantitative estimate of drug-likeness (QED) is 0.213. The van der Waals surface area contributed by atoms with Crippen molar-refractivity contribution in [3.8, 4) is 0 Å². The maximum absolute atomic E-state index is 12.1. The summed E-state index contributed by atoms with van der Waals surface area (Å²) in [6.07, 6.45) is -1.63. The van der Waals surface area contributed by atoms with Gasteiger partial charge in [-0.1, -0.05) is 11.8 Å². The van der Waals surface area contributed by atoms with E-state index < -0.39 is 12.7 Å². The van der Waals surface area contributed by atoms with E-state index in [0.29, 0.717) is 28.8 Å². The van der Waals surface area contributed by atoms with Crippen LogP contribution < -0.4 is 16.6 Å². The molecule has 0 bridgehead atoms. The third kappa shape index (κ3) is 8.07. The lowest BCUT2D eigenvalue weighted by atomic mass is 10.3. The Hall–Kier alpha value is -2.63. The zero-order valence-corrected chi connectivity index (χ0v) is 15.2. The zero-order valence-electron chi connectivity index (χ0n) is 14.4. The van der Waals surface area contributed by atoms with Crippen LogP contribution in [0, 0.1) is 6.92 Å². The Balaban J connectivity index is 1.83. The van der Waals surface area contributed by atoms with E-state index in [1.165, 1.54) is 30.1 Å². The van der Waals surface area contributed by atoms with Crippen molar-refractivity contribution < 1.29 is 13.2 Å². The largest absolute Gasteiger partial charge is 0.408 e. The fourth-order valence-electron chi connectivity index (χ4n) is 1.99. The molecule has 0 atom stereocenters. The number of halogens is 3. The Morgan fingerprint density at radius 2 is 2.19 bits per heavy atom. The number of aliphatic imine (C=N–C) groups is 1. The van der Waals surface area contributed by atoms with Gasteiger partial charge in [0, 0.05) is 30.1 Å². The van der Waals surface area contributed by atoms with Crippen molar-refractivity contribution in [2.75, 3.05) is 17.6 Å². The highest BCUT2D eigenvalue weighted by Gasteiger charge is 2.26. The molecule has 12 heteroatoms. The Morgan fingerprint density at radius 3 is 2.89 bits per heavy atom. The first-order chi connectivity index (χ1) is 12.7. The minimum absolute atomic E-state index is 0.183. The number of hydrogen-bond acceptors (Lipinski definition) is 6. The number of rotatable bonds is 7. The summed E-state index contributed by atoms with van der Waals surface area (Å²) in [6.45, 7) is 0.386. The summed E-state index contributed by atoms with van der Waals surface area (Å²) < 4.78 is 36.3. The molecule has 0 aliphatic rings. The third-order valence-corrected chi connectivity index (χ3v) is 3.97. The smallest absolute Gasteiger partial charge is 0.370 e. The summed E-state index contributed by atoms with van der Waals surface area (Å²) in [6, 6.07) is 2.90. The normalized spacial score (nSPS) is 12.2. The van der Waals surface area contributed by atoms with Gasteiger partial charge >= 0.3 is 6.18 Å². The van der Waals surface area contributed by atoms with Gasteiger partial charge in [-0.3, -0.25) is 4.79 Å². The number of nitrogens with zero attached hydrogens (tertiary/aromatic N) is 4. The highest BCUT2D eigenvalue weighted by molar-refractivity contribution is 7.99. The number of guanidine groups is 1. The van der Waals surface area contributed by atoms with E-state index in [9.17, 15) is 18.0 Å². The van der Waals surface area contributed by atoms with Crippen LogP contribution in [-0.4, -0.2) is 44.4 Å². The number of aromatic nitrogens is 4. The lowest BCUT2D eigenvalue weighted by molar-refractivity contribution is -0.118. The van der Waals surface area contributed by atoms with Crippen molar-refractivity contribution in [3.05, 3.63) is 40.2 Å². The van der Waals surface area contributed by atoms with Gasteiger partial charge < -0.3 is 16.0 Å². The van der Waals surface area contributed by atoms with Crippen molar-refractivity contribution in [2.24, 2.45) is 10.7 Å². The molecule has 2 heterocycles. The zero-order chi connectivity index (χ0) is 19.9. The molecule has 0 aromatic carbocycles. The number of alkyl halides is 3. The molecule has 0 saturated heterocycles. The second-order valence-electron chi connectivity index (χ2n) is 5.45. The first-order valence-corrected chi connectivity index (χ1v) is 8.86. The highest BCUT2D eigenvalue weighted by atomic mass is 32.2. The Morgan fingerprint density at radius 1 is 1.41 bits per heavy atom. The van der Waals surface area contributed by atoms with Gasteiger partial charge in [-0.25, -0.2) is 19.9 Å². The molecule has 4 N–H and O–H groups in total. The van der Waals surface area contributed by atoms with Gasteiger partial charge in [-0.15, -0.1) is 0 Å². The van der Waals surface area contributed by atoms with Gasteiger partial charge in [0.2, 0.25) is 0 Å². The van der Waals surface area contributed by atoms with Crippen molar-refractivity contribution >= 4 is 23.5 Å². The van der Waals surface area contributed by atoms with Crippen LogP contribution in [0.3, 0.4) is 0 Å². The molecule has 0 aliphatic carbocycles. The average molecular weight is 401 g/mol. The van der Waals surface area contributed by atoms with Gasteiger partial charge in [-0.05, 0) is 19.4 Å². The minimum atomic E-state index is -4.42. The number of aromatic amines is 1. The summed E-state index contributed by atoms with van der Waals surface area (Å²) in [5.41, 5.74) is 5.89. The molecule has 0 unspecified atom stereocenters. The van der Waals surface area contributed by atoms with Crippen LogP contribution in [0.1, 0.15) is 17.9 Å². The predicted octanol–water partition coefficient (Wildman–Crippen LogP) is 1.88. The first-order valence-electron chi connectivity index (χ1n) is 7.88. The van der Waals surface area contributed by atoms with E-state index in [2.05, 4.69) is 30.2 Å². The van der Waals surface area contributed by atoms with Crippen LogP contribution in [0.2, 0.25) is 0 Å². The number of nitrogens with one attached hydrogen (secondary N) is 2. The maximum atomic E-state index is 12.1. The summed E-state index contributed by atoms with van der Waals surface area (Å²) in [7, 11) is 0. The summed E-state index contributed by atoms with van der Waals surface area (Å²) in [5, 5.41) is 2.94. The highest BCUT2D eigenvalue weighted by Crippen LogP contribution is 2.17. The van der Waals surface area contributed by atoms with Crippen LogP contribution in [0.4, 0.5) is 19.0 Å². The first kappa shape index (κ1) is 20.7. The molecule has 0 saturated carbocycles. The lowest BCUT2D eigenvalue weighted by Gasteiger charge is -2.07. The van der Waals surface area contributed by atoms with Crippen LogP contribution in [0.5, 0.6) is 0 Å². The number of aryl methyl sites for hydroxylation is 2. The van der Waals surface area contributed by atoms with Gasteiger partial charge in [0.1, 0.15) is 18.2 Å². The van der Waals surface area contributed by atoms with Crippen LogP contribution >= 0.6 is 11.8 Å². The molecule has 2 rings (SSSR count). The molecule has 0 spiro atoms. The number of H-pyrrole nitrogens is 1. The lowest BCUT2D eigenvalue weighted by Crippen LogP contribution is -2.26. The fraction of sp³-hybridized carbons (Fsp3) is 0.400. The van der Waals surface area contributed by atoms with Crippen molar-refractivity contribution in [2.45, 2.75) is 31.1 Å². The molecule has 0 amide bonds. The molecule has 146 valence electrons. The molecule has 2 aromatic heterocycles. The Labute approximate surface area is 156 Å². The molecule has 0 fully saturated rings. The topological polar surface area (TPSA) is 122 Å². The monoisotopic (exact) mass is 401 g/mol. The average Bonchev–Trinajstić information content (AvgIpc) is 2.56. The second kappa shape index (κ2) is 9.35. The van der Waals surface area contributed by atoms with Crippen LogP contribution in [0.15, 0.2) is 33.3 Å². The summed E-state index contributed by atoms with van der Waals surface area (Å²) in [4.78, 5) is 29.7. The second-order valence-corrected chi connectivity index (χ2v) is 6.51. The number of anilines is 1. The van der Waals surface area contributed by atoms with Crippen molar-refractivity contribution in [1.29, 1.82) is 0 Å². The summed E-state index contributed by atoms with van der Waals surface area (Å²) >= 11 is 1.36. The summed E-state index contributed by atoms with van der Waals surface area (Å²) in [5.74, 6) is 1.15. The van der Waals surface area contributed by atoms with Gasteiger partial charge in [0.15, 0.2) is 11.1 Å². The van der Waals surface area contributed by atoms with E-state index in [1.807, 2.05) is 0 Å². The SMILES string of the molecule is Cc1cc(=O)[nH]c(CCCSc2nccc(NC(N)=NCC(F)(F)F)n2)n1. The molecule has 0 radical (unpaired) electrons. The molecule has 2 aromatic rings. The van der Waals surface area contributed by atoms with E-state index in [1.54, 1.807) is 6.92 Å². The molecule has 27 heavy (non-hydrogen) atoms. The number of thioether (sulfide) groups is 1. The van der Waals surface area contributed by atoms with Crippen molar-refractivity contribution in [3.63, 3.8) is 0 Å². The van der Waals surface area contributed by atoms with Gasteiger partial charge in [0.05, 0.1) is 0 Å². The third-order valence-electron chi connectivity index (χ3n) is 3.03. The van der Waals surface area contributed by atoms with Crippen LogP contribution in [-0.2, 0) is 6.42 Å². The van der Waals surface area contributed by atoms with Crippen molar-refractivity contribution in [1.82, 2.24) is 19.9 Å². The molecular weight excluding hydrogens is 383 g/mol. The van der Waals surface area contributed by atoms with E-state index in [0.717, 1.165) is 6.42 Å². The van der Waals surface area contributed by atoms with E-state index >= 15 is 0 Å². The number of nitrogens with two attached hydrogens (primary N) is 1. The molecule has 0 aliphatic heterocycles. The van der Waals surface area contributed by atoms with E-state index in [4.69, 9.17) is 5.73 Å². The maximum Gasteiger partial charge on any atom is 0.408 e. The Kier molecular flexibility index (Phi) is 7.16. The standard InChI is InChI=1S/C15H18F3N7OS/c1-9-7-12(26)23-10(22-9)3-2-6-27-14-20-5-4-11(25-14)24-13(19)21-8-15(16,17)18/h4-5,7H,2-3,6,8H2,1H3,(H,22,23,26)(H3,19,20,21,24,25). The van der Waals surface area contributed by atoms with E-state index in [-0.39, 0.29) is 17.3 Å². The fourth-order valence-corrected chi connectivity index (χ4v) is 2.76. The minimum Gasteiger partial charge on any atom is -0.370 e.